The van der Waals surface area contributed by atoms with Gasteiger partial charge >= 0.3 is 0 Å². The van der Waals surface area contributed by atoms with Gasteiger partial charge in [0.1, 0.15) is 17.3 Å². The quantitative estimate of drug-likeness (QED) is 0.457. The van der Waals surface area contributed by atoms with Crippen LogP contribution in [0.5, 0.6) is 0 Å². The minimum atomic E-state index is -1.86. The summed E-state index contributed by atoms with van der Waals surface area (Å²) in [6.07, 6.45) is -1.60. The molecule has 4 aromatic rings. The fourth-order valence-electron chi connectivity index (χ4n) is 4.04. The maximum absolute atomic E-state index is 12.1. The molecule has 0 fully saturated rings. The van der Waals surface area contributed by atoms with Crippen LogP contribution in [0.2, 0.25) is 0 Å². The van der Waals surface area contributed by atoms with Crippen molar-refractivity contribution in [3.8, 4) is 0 Å². The molecule has 0 aliphatic heterocycles. The highest BCUT2D eigenvalue weighted by atomic mass is 16.4. The highest BCUT2D eigenvalue weighted by Gasteiger charge is 2.52. The average molecular weight is 396 g/mol. The third-order valence-corrected chi connectivity index (χ3v) is 5.65. The Bertz CT molecular complexity index is 896. The molecule has 0 radical (unpaired) electrons. The molecule has 150 valence electrons. The Morgan fingerprint density at radius 1 is 0.400 bits per heavy atom. The molecule has 0 aliphatic rings. The summed E-state index contributed by atoms with van der Waals surface area (Å²) in [5.74, 6) is 0. The number of hydrogen-bond acceptors (Lipinski definition) is 3. The molecule has 0 amide bonds. The second-order valence-electron chi connectivity index (χ2n) is 7.40. The molecular formula is C27H24O3. The largest absolute Gasteiger partial charge is 0.386 e. The van der Waals surface area contributed by atoms with Crippen molar-refractivity contribution in [3.05, 3.63) is 144 Å². The summed E-state index contributed by atoms with van der Waals surface area (Å²) in [5.41, 5.74) is -1.74. The van der Waals surface area contributed by atoms with Gasteiger partial charge in [0.15, 0.2) is 0 Å². The highest BCUT2D eigenvalue weighted by Crippen LogP contribution is 2.44. The summed E-state index contributed by atoms with van der Waals surface area (Å²) in [5, 5.41) is 35.9. The molecule has 0 saturated heterocycles. The maximum atomic E-state index is 12.1. The van der Waals surface area contributed by atoms with Crippen LogP contribution in [0.1, 0.15) is 22.3 Å². The zero-order valence-corrected chi connectivity index (χ0v) is 16.5. The van der Waals surface area contributed by atoms with Gasteiger partial charge in [-0.3, -0.25) is 0 Å². The van der Waals surface area contributed by atoms with E-state index in [9.17, 15) is 15.3 Å². The van der Waals surface area contributed by atoms with Gasteiger partial charge < -0.3 is 15.3 Å². The van der Waals surface area contributed by atoms with Crippen molar-refractivity contribution in [3.63, 3.8) is 0 Å². The molecule has 3 nitrogen and oxygen atoms in total. The fraction of sp³-hybridized carbons (Fsp3) is 0.111. The van der Waals surface area contributed by atoms with Crippen LogP contribution in [0.4, 0.5) is 0 Å². The lowest BCUT2D eigenvalue weighted by Gasteiger charge is -2.44. The summed E-state index contributed by atoms with van der Waals surface area (Å²) >= 11 is 0. The Kier molecular flexibility index (Phi) is 5.51. The lowest BCUT2D eigenvalue weighted by atomic mass is 9.70. The van der Waals surface area contributed by atoms with Crippen molar-refractivity contribution in [2.75, 3.05) is 0 Å². The molecule has 3 N–H and O–H groups in total. The average Bonchev–Trinajstić information content (AvgIpc) is 2.84. The Morgan fingerprint density at radius 3 is 0.800 bits per heavy atom. The van der Waals surface area contributed by atoms with E-state index in [0.29, 0.717) is 22.3 Å². The third-order valence-electron chi connectivity index (χ3n) is 5.65. The highest BCUT2D eigenvalue weighted by molar-refractivity contribution is 5.45. The Morgan fingerprint density at radius 2 is 0.600 bits per heavy atom. The fourth-order valence-corrected chi connectivity index (χ4v) is 4.04. The molecule has 4 rings (SSSR count). The van der Waals surface area contributed by atoms with E-state index < -0.39 is 17.3 Å². The summed E-state index contributed by atoms with van der Waals surface area (Å²) in [6.45, 7) is 0. The van der Waals surface area contributed by atoms with Crippen LogP contribution in [-0.2, 0) is 11.2 Å². The van der Waals surface area contributed by atoms with Gasteiger partial charge in [-0.15, -0.1) is 0 Å². The predicted octanol–water partition coefficient (Wildman–Crippen LogP) is 4.22. The Hall–Kier alpha value is -3.24. The van der Waals surface area contributed by atoms with E-state index in [4.69, 9.17) is 0 Å². The van der Waals surface area contributed by atoms with Crippen LogP contribution in [0.3, 0.4) is 0 Å². The van der Waals surface area contributed by atoms with Crippen LogP contribution < -0.4 is 0 Å². The summed E-state index contributed by atoms with van der Waals surface area (Å²) < 4.78 is 0. The molecule has 0 saturated carbocycles. The van der Waals surface area contributed by atoms with Crippen molar-refractivity contribution in [1.82, 2.24) is 0 Å². The minimum absolute atomic E-state index is 0.494. The Balaban J connectivity index is 1.98. The van der Waals surface area contributed by atoms with E-state index in [1.807, 2.05) is 24.3 Å². The molecule has 0 unspecified atom stereocenters. The van der Waals surface area contributed by atoms with E-state index in [-0.39, 0.29) is 0 Å². The summed E-state index contributed by atoms with van der Waals surface area (Å²) in [7, 11) is 0. The van der Waals surface area contributed by atoms with E-state index in [1.165, 1.54) is 0 Å². The molecule has 0 aliphatic carbocycles. The molecule has 0 heterocycles. The van der Waals surface area contributed by atoms with Gasteiger partial charge in [0.05, 0.1) is 0 Å². The van der Waals surface area contributed by atoms with E-state index in [2.05, 4.69) is 0 Å². The monoisotopic (exact) mass is 396 g/mol. The Labute approximate surface area is 176 Å². The molecule has 0 bridgehead atoms. The second kappa shape index (κ2) is 8.25. The first-order valence-electron chi connectivity index (χ1n) is 9.93. The van der Waals surface area contributed by atoms with Gasteiger partial charge in [-0.2, -0.15) is 0 Å². The van der Waals surface area contributed by atoms with Crippen molar-refractivity contribution in [1.29, 1.82) is 0 Å². The van der Waals surface area contributed by atoms with Crippen LogP contribution >= 0.6 is 0 Å². The van der Waals surface area contributed by atoms with E-state index in [1.54, 1.807) is 97.1 Å². The molecule has 3 heteroatoms. The van der Waals surface area contributed by atoms with Crippen molar-refractivity contribution < 1.29 is 15.3 Å². The first-order valence-corrected chi connectivity index (χ1v) is 9.93. The van der Waals surface area contributed by atoms with Crippen molar-refractivity contribution in [2.45, 2.75) is 17.3 Å². The number of benzene rings is 4. The minimum Gasteiger partial charge on any atom is -0.386 e. The lowest BCUT2D eigenvalue weighted by Crippen LogP contribution is -2.54. The number of aliphatic hydroxyl groups excluding tert-OH is 1. The van der Waals surface area contributed by atoms with Crippen LogP contribution in [0, 0.1) is 0 Å². The van der Waals surface area contributed by atoms with Gasteiger partial charge in [-0.1, -0.05) is 121 Å². The molecule has 0 atom stereocenters. The third kappa shape index (κ3) is 3.33. The van der Waals surface area contributed by atoms with Gasteiger partial charge in [0, 0.05) is 0 Å². The molecule has 0 aromatic heterocycles. The molecular weight excluding hydrogens is 372 g/mol. The lowest BCUT2D eigenvalue weighted by molar-refractivity contribution is -0.147. The van der Waals surface area contributed by atoms with Crippen LogP contribution in [0.15, 0.2) is 121 Å². The van der Waals surface area contributed by atoms with Gasteiger partial charge in [0.25, 0.3) is 0 Å². The second-order valence-corrected chi connectivity index (χ2v) is 7.40. The number of hydrogen-bond donors (Lipinski definition) is 3. The topological polar surface area (TPSA) is 60.7 Å². The maximum Gasteiger partial charge on any atom is 0.144 e. The SMILES string of the molecule is OC(C(O)(c1ccccc1)c1ccccc1)C(O)(c1ccccc1)c1ccccc1. The van der Waals surface area contributed by atoms with Crippen LogP contribution in [-0.4, -0.2) is 21.4 Å². The van der Waals surface area contributed by atoms with Crippen LogP contribution in [0.25, 0.3) is 0 Å². The van der Waals surface area contributed by atoms with E-state index in [0.717, 1.165) is 0 Å². The van der Waals surface area contributed by atoms with E-state index >= 15 is 0 Å². The smallest absolute Gasteiger partial charge is 0.144 e. The molecule has 0 spiro atoms. The van der Waals surface area contributed by atoms with Gasteiger partial charge in [-0.25, -0.2) is 0 Å². The zero-order valence-electron chi connectivity index (χ0n) is 16.5. The molecule has 30 heavy (non-hydrogen) atoms. The van der Waals surface area contributed by atoms with Gasteiger partial charge in [0.2, 0.25) is 0 Å². The number of aliphatic hydroxyl groups is 3. The standard InChI is InChI=1S/C27H24O3/c28-25(26(29,21-13-5-1-6-14-21)22-15-7-2-8-16-22)27(30,23-17-9-3-10-18-23)24-19-11-4-12-20-24/h1-20,25,28-30H. The normalized spacial score (nSPS) is 12.1. The van der Waals surface area contributed by atoms with Gasteiger partial charge in [-0.05, 0) is 22.3 Å². The van der Waals surface area contributed by atoms with Crippen molar-refractivity contribution >= 4 is 0 Å². The van der Waals surface area contributed by atoms with Crippen molar-refractivity contribution in [2.24, 2.45) is 0 Å². The first-order chi connectivity index (χ1) is 14.6. The summed E-state index contributed by atoms with van der Waals surface area (Å²) in [6, 6.07) is 35.9. The number of rotatable bonds is 6. The summed E-state index contributed by atoms with van der Waals surface area (Å²) in [4.78, 5) is 0. The zero-order chi connectivity index (χ0) is 21.0. The first kappa shape index (κ1) is 20.0. The molecule has 4 aromatic carbocycles. The predicted molar refractivity (Wildman–Crippen MR) is 118 cm³/mol.